The standard InChI is InChI=1S/C10H6F4N4.C5H5BFNO2.C5H3BrF3N3/c11-6-1-5(2-16-3-6)7-4-17-9(15)8(18-7)10(12,13)14;7-5-1-4(6(9)10)2-8-3-5;6-2-1-11-4(10)3(12-2)5(7,8)9/h1-4H,(H2,15,17);1-3,9-10H;1H,(H2,10,11). The number of anilines is 2. The van der Waals surface area contributed by atoms with Crippen LogP contribution in [0.25, 0.3) is 11.3 Å². The highest BCUT2D eigenvalue weighted by Gasteiger charge is 2.37. The molecule has 0 fully saturated rings. The summed E-state index contributed by atoms with van der Waals surface area (Å²) in [4.78, 5) is 20.1. The van der Waals surface area contributed by atoms with Crippen LogP contribution in [-0.2, 0) is 12.4 Å². The first-order valence-electron chi connectivity index (χ1n) is 10.1. The molecule has 0 amide bonds. The SMILES string of the molecule is Nc1ncc(-c2cncc(F)c2)nc1C(F)(F)F.Nc1ncc(Br)nc1C(F)(F)F.OB(O)c1cncc(F)c1. The molecule has 0 aliphatic heterocycles. The molecule has 0 aromatic carbocycles. The van der Waals surface area contributed by atoms with Gasteiger partial charge in [0.2, 0.25) is 0 Å². The van der Waals surface area contributed by atoms with Gasteiger partial charge in [0.1, 0.15) is 16.2 Å². The zero-order valence-corrected chi connectivity index (χ0v) is 20.9. The third-order valence-electron chi connectivity index (χ3n) is 4.13. The lowest BCUT2D eigenvalue weighted by molar-refractivity contribution is -0.141. The molecule has 0 bridgehead atoms. The summed E-state index contributed by atoms with van der Waals surface area (Å²) in [5.74, 6) is -2.61. The van der Waals surface area contributed by atoms with E-state index in [2.05, 4.69) is 45.8 Å². The summed E-state index contributed by atoms with van der Waals surface area (Å²) in [6.45, 7) is 0. The van der Waals surface area contributed by atoms with Crippen LogP contribution in [-0.4, -0.2) is 47.1 Å². The van der Waals surface area contributed by atoms with Gasteiger partial charge in [-0.3, -0.25) is 9.97 Å². The fourth-order valence-corrected chi connectivity index (χ4v) is 2.73. The molecule has 0 atom stereocenters. The number of nitrogens with zero attached hydrogens (tertiary/aromatic N) is 6. The number of hydrogen-bond donors (Lipinski definition) is 4. The van der Waals surface area contributed by atoms with Crippen LogP contribution >= 0.6 is 15.9 Å². The van der Waals surface area contributed by atoms with E-state index >= 15 is 0 Å². The lowest BCUT2D eigenvalue weighted by atomic mass is 9.82. The average Bonchev–Trinajstić information content (AvgIpc) is 2.85. The number of halogens is 9. The quantitative estimate of drug-likeness (QED) is 0.189. The van der Waals surface area contributed by atoms with E-state index in [9.17, 15) is 35.1 Å². The molecule has 4 aromatic heterocycles. The van der Waals surface area contributed by atoms with Gasteiger partial charge >= 0.3 is 19.5 Å². The summed E-state index contributed by atoms with van der Waals surface area (Å²) in [6, 6.07) is 2.02. The van der Waals surface area contributed by atoms with Crippen molar-refractivity contribution in [2.45, 2.75) is 12.4 Å². The second-order valence-electron chi connectivity index (χ2n) is 7.11. The summed E-state index contributed by atoms with van der Waals surface area (Å²) < 4.78 is 98.9. The Morgan fingerprint density at radius 1 is 0.700 bits per heavy atom. The van der Waals surface area contributed by atoms with Crippen molar-refractivity contribution in [2.24, 2.45) is 0 Å². The summed E-state index contributed by atoms with van der Waals surface area (Å²) in [5.41, 5.74) is 7.59. The van der Waals surface area contributed by atoms with Crippen LogP contribution in [0.3, 0.4) is 0 Å². The third kappa shape index (κ3) is 9.61. The number of nitrogen functional groups attached to an aromatic ring is 2. The van der Waals surface area contributed by atoms with Crippen LogP contribution in [0, 0.1) is 11.6 Å². The maximum absolute atomic E-state index is 12.9. The van der Waals surface area contributed by atoms with Gasteiger partial charge < -0.3 is 21.5 Å². The van der Waals surface area contributed by atoms with Gasteiger partial charge in [0.25, 0.3) is 0 Å². The normalized spacial score (nSPS) is 11.1. The van der Waals surface area contributed by atoms with Gasteiger partial charge in [-0.2, -0.15) is 26.3 Å². The lowest BCUT2D eigenvalue weighted by Gasteiger charge is -2.09. The van der Waals surface area contributed by atoms with Crippen LogP contribution in [0.5, 0.6) is 0 Å². The van der Waals surface area contributed by atoms with Crippen molar-refractivity contribution in [3.8, 4) is 11.3 Å². The molecule has 10 nitrogen and oxygen atoms in total. The van der Waals surface area contributed by atoms with Crippen LogP contribution in [0.4, 0.5) is 46.8 Å². The average molecular weight is 641 g/mol. The molecule has 6 N–H and O–H groups in total. The molecule has 0 radical (unpaired) electrons. The topological polar surface area (TPSA) is 170 Å². The number of rotatable bonds is 2. The van der Waals surface area contributed by atoms with E-state index in [0.29, 0.717) is 0 Å². The molecule has 40 heavy (non-hydrogen) atoms. The van der Waals surface area contributed by atoms with E-state index in [1.807, 2.05) is 0 Å². The fourth-order valence-electron chi connectivity index (χ4n) is 2.45. The van der Waals surface area contributed by atoms with Crippen LogP contribution in [0.2, 0.25) is 0 Å². The van der Waals surface area contributed by atoms with Crippen molar-refractivity contribution in [2.75, 3.05) is 11.5 Å². The van der Waals surface area contributed by atoms with Gasteiger partial charge in [-0.05, 0) is 28.1 Å². The lowest BCUT2D eigenvalue weighted by Crippen LogP contribution is -2.30. The van der Waals surface area contributed by atoms with E-state index in [0.717, 1.165) is 36.9 Å². The van der Waals surface area contributed by atoms with Gasteiger partial charge in [-0.25, -0.2) is 28.7 Å². The Hall–Kier alpha value is -4.04. The zero-order valence-electron chi connectivity index (χ0n) is 19.3. The van der Waals surface area contributed by atoms with Gasteiger partial charge in [-0.1, -0.05) is 0 Å². The third-order valence-corrected chi connectivity index (χ3v) is 4.52. The largest absolute Gasteiger partial charge is 0.490 e. The molecule has 0 aliphatic rings. The van der Waals surface area contributed by atoms with Gasteiger partial charge in [0.15, 0.2) is 23.0 Å². The second kappa shape index (κ2) is 13.4. The predicted octanol–water partition coefficient (Wildman–Crippen LogP) is 3.02. The van der Waals surface area contributed by atoms with Crippen molar-refractivity contribution in [3.05, 3.63) is 76.9 Å². The molecule has 212 valence electrons. The van der Waals surface area contributed by atoms with Crippen molar-refractivity contribution in [3.63, 3.8) is 0 Å². The first kappa shape index (κ1) is 32.2. The van der Waals surface area contributed by atoms with Crippen LogP contribution < -0.4 is 16.9 Å². The van der Waals surface area contributed by atoms with E-state index < -0.39 is 54.1 Å². The number of aromatic nitrogens is 6. The molecule has 4 aromatic rings. The minimum Gasteiger partial charge on any atom is -0.423 e. The number of nitrogens with two attached hydrogens (primary N) is 2. The molecule has 0 unspecified atom stereocenters. The Balaban J connectivity index is 0.000000222. The Morgan fingerprint density at radius 2 is 1.20 bits per heavy atom. The Labute approximate surface area is 227 Å². The monoisotopic (exact) mass is 640 g/mol. The molecule has 0 aliphatic carbocycles. The Morgan fingerprint density at radius 3 is 1.65 bits per heavy atom. The van der Waals surface area contributed by atoms with E-state index in [4.69, 9.17) is 21.5 Å². The van der Waals surface area contributed by atoms with Crippen LogP contribution in [0.1, 0.15) is 11.4 Å². The van der Waals surface area contributed by atoms with Crippen molar-refractivity contribution < 1.29 is 45.2 Å². The molecule has 0 saturated heterocycles. The highest BCUT2D eigenvalue weighted by atomic mass is 79.9. The highest BCUT2D eigenvalue weighted by Crippen LogP contribution is 2.32. The van der Waals surface area contributed by atoms with Gasteiger partial charge in [0, 0.05) is 23.4 Å². The number of pyridine rings is 2. The minimum absolute atomic E-state index is 0.00373. The summed E-state index contributed by atoms with van der Waals surface area (Å²) >= 11 is 2.76. The van der Waals surface area contributed by atoms with E-state index in [1.54, 1.807) is 0 Å². The molecule has 0 spiro atoms. The van der Waals surface area contributed by atoms with E-state index in [1.165, 1.54) is 12.4 Å². The highest BCUT2D eigenvalue weighted by molar-refractivity contribution is 9.10. The van der Waals surface area contributed by atoms with Crippen molar-refractivity contribution >= 4 is 40.1 Å². The smallest absolute Gasteiger partial charge is 0.423 e. The molecule has 20 heteroatoms. The summed E-state index contributed by atoms with van der Waals surface area (Å²) in [6.07, 6.45) is -2.84. The molecule has 0 saturated carbocycles. The Kier molecular flexibility index (Phi) is 10.7. The molecule has 4 rings (SSSR count). The molecular weight excluding hydrogens is 627 g/mol. The predicted molar refractivity (Wildman–Crippen MR) is 128 cm³/mol. The summed E-state index contributed by atoms with van der Waals surface area (Å²) in [5, 5.41) is 17.0. The van der Waals surface area contributed by atoms with Crippen molar-refractivity contribution in [1.82, 2.24) is 29.9 Å². The number of hydrogen-bond acceptors (Lipinski definition) is 10. The summed E-state index contributed by atoms with van der Waals surface area (Å²) in [7, 11) is -1.65. The van der Waals surface area contributed by atoms with Gasteiger partial charge in [-0.15, -0.1) is 0 Å². The fraction of sp³-hybridized carbons (Fsp3) is 0.100. The first-order chi connectivity index (χ1) is 18.5. The number of alkyl halides is 6. The second-order valence-corrected chi connectivity index (χ2v) is 7.93. The van der Waals surface area contributed by atoms with Gasteiger partial charge in [0.05, 0.1) is 30.5 Å². The maximum atomic E-state index is 12.9. The maximum Gasteiger partial charge on any atom is 0.490 e. The van der Waals surface area contributed by atoms with Crippen molar-refractivity contribution in [1.29, 1.82) is 0 Å². The first-order valence-corrected chi connectivity index (χ1v) is 10.9. The Bertz CT molecular complexity index is 1450. The van der Waals surface area contributed by atoms with E-state index in [-0.39, 0.29) is 21.3 Å². The minimum atomic E-state index is -4.71. The zero-order chi connectivity index (χ0) is 30.3. The van der Waals surface area contributed by atoms with Crippen LogP contribution in [0.15, 0.2) is 53.9 Å². The molecular formula is C20H14BBrF8N8O2. The molecule has 4 heterocycles.